The van der Waals surface area contributed by atoms with Crippen molar-refractivity contribution in [3.63, 3.8) is 0 Å². The average Bonchev–Trinajstić information content (AvgIpc) is 2.37. The zero-order valence-corrected chi connectivity index (χ0v) is 12.6. The quantitative estimate of drug-likeness (QED) is 0.720. The molecule has 1 atom stereocenters. The lowest BCUT2D eigenvalue weighted by molar-refractivity contribution is 0.414. The Morgan fingerprint density at radius 1 is 0.947 bits per heavy atom. The fourth-order valence-corrected chi connectivity index (χ4v) is 3.02. The van der Waals surface area contributed by atoms with Crippen LogP contribution in [-0.2, 0) is 0 Å². The summed E-state index contributed by atoms with van der Waals surface area (Å²) in [5.74, 6) is 0.852. The molecule has 0 aliphatic rings. The number of ether oxygens (including phenoxy) is 1. The summed E-state index contributed by atoms with van der Waals surface area (Å²) in [6.07, 6.45) is 0. The minimum atomic E-state index is -0.119. The van der Waals surface area contributed by atoms with E-state index in [1.54, 1.807) is 7.11 Å². The third-order valence-corrected chi connectivity index (χ3v) is 3.87. The Labute approximate surface area is 120 Å². The number of hydrogen-bond donors (Lipinski definition) is 0. The molecule has 0 aromatic heterocycles. The van der Waals surface area contributed by atoms with Crippen molar-refractivity contribution in [2.45, 2.75) is 26.1 Å². The summed E-state index contributed by atoms with van der Waals surface area (Å²) in [6.45, 7) is 6.35. The number of methoxy groups -OCH3 is 1. The van der Waals surface area contributed by atoms with E-state index in [2.05, 4.69) is 32.9 Å². The Hall–Kier alpha value is -1.47. The van der Waals surface area contributed by atoms with E-state index in [-0.39, 0.29) is 5.38 Å². The molecular weight excluding hydrogens is 256 g/mol. The zero-order valence-electron chi connectivity index (χ0n) is 11.8. The molecule has 0 spiro atoms. The molecular formula is C17H19ClO. The lowest BCUT2D eigenvalue weighted by Gasteiger charge is -2.17. The summed E-state index contributed by atoms with van der Waals surface area (Å²) in [5, 5.41) is -0.119. The first-order valence-electron chi connectivity index (χ1n) is 6.38. The van der Waals surface area contributed by atoms with Crippen LogP contribution in [0.5, 0.6) is 5.75 Å². The smallest absolute Gasteiger partial charge is 0.118 e. The third-order valence-electron chi connectivity index (χ3n) is 3.40. The molecule has 0 N–H and O–H groups in total. The summed E-state index contributed by atoms with van der Waals surface area (Å²) >= 11 is 6.65. The van der Waals surface area contributed by atoms with Crippen molar-refractivity contribution in [2.24, 2.45) is 0 Å². The van der Waals surface area contributed by atoms with Crippen LogP contribution in [-0.4, -0.2) is 7.11 Å². The molecule has 0 saturated heterocycles. The molecule has 0 fully saturated rings. The Balaban J connectivity index is 2.40. The van der Waals surface area contributed by atoms with Crippen molar-refractivity contribution >= 4 is 11.6 Å². The SMILES string of the molecule is COc1ccc(C(Cl)c2c(C)cc(C)cc2C)cc1. The van der Waals surface area contributed by atoms with Crippen molar-refractivity contribution in [3.8, 4) is 5.75 Å². The lowest BCUT2D eigenvalue weighted by Crippen LogP contribution is -2.00. The minimum absolute atomic E-state index is 0.119. The topological polar surface area (TPSA) is 9.23 Å². The number of rotatable bonds is 3. The molecule has 0 bridgehead atoms. The second-order valence-electron chi connectivity index (χ2n) is 4.95. The number of aryl methyl sites for hydroxylation is 3. The second-order valence-corrected chi connectivity index (χ2v) is 5.38. The van der Waals surface area contributed by atoms with Crippen LogP contribution >= 0.6 is 11.6 Å². The maximum Gasteiger partial charge on any atom is 0.118 e. The van der Waals surface area contributed by atoms with Gasteiger partial charge in [-0.2, -0.15) is 0 Å². The predicted molar refractivity (Wildman–Crippen MR) is 81.3 cm³/mol. The van der Waals surface area contributed by atoms with Crippen molar-refractivity contribution in [1.29, 1.82) is 0 Å². The highest BCUT2D eigenvalue weighted by Gasteiger charge is 2.16. The highest BCUT2D eigenvalue weighted by Crippen LogP contribution is 2.34. The molecule has 2 aromatic rings. The summed E-state index contributed by atoms with van der Waals surface area (Å²) in [7, 11) is 1.67. The van der Waals surface area contributed by atoms with Gasteiger partial charge in [0.15, 0.2) is 0 Å². The lowest BCUT2D eigenvalue weighted by atomic mass is 9.94. The summed E-state index contributed by atoms with van der Waals surface area (Å²) in [6, 6.07) is 12.3. The van der Waals surface area contributed by atoms with Gasteiger partial charge in [-0.25, -0.2) is 0 Å². The van der Waals surface area contributed by atoms with Crippen molar-refractivity contribution in [3.05, 3.63) is 64.2 Å². The Bertz CT molecular complexity index is 549. The zero-order chi connectivity index (χ0) is 14.0. The molecule has 2 aromatic carbocycles. The largest absolute Gasteiger partial charge is 0.497 e. The van der Waals surface area contributed by atoms with Crippen LogP contribution in [0.3, 0.4) is 0 Å². The Kier molecular flexibility index (Phi) is 4.16. The molecule has 100 valence electrons. The van der Waals surface area contributed by atoms with Crippen LogP contribution in [0.15, 0.2) is 36.4 Å². The van der Waals surface area contributed by atoms with Crippen molar-refractivity contribution in [1.82, 2.24) is 0 Å². The Morgan fingerprint density at radius 2 is 1.47 bits per heavy atom. The van der Waals surface area contributed by atoms with Crippen LogP contribution < -0.4 is 4.74 Å². The monoisotopic (exact) mass is 274 g/mol. The van der Waals surface area contributed by atoms with Gasteiger partial charge in [-0.1, -0.05) is 29.8 Å². The van der Waals surface area contributed by atoms with Gasteiger partial charge in [-0.05, 0) is 55.2 Å². The molecule has 19 heavy (non-hydrogen) atoms. The van der Waals surface area contributed by atoms with Gasteiger partial charge in [0, 0.05) is 0 Å². The van der Waals surface area contributed by atoms with E-state index in [0.717, 1.165) is 11.3 Å². The second kappa shape index (κ2) is 5.66. The van der Waals surface area contributed by atoms with Crippen LogP contribution in [0.2, 0.25) is 0 Å². The van der Waals surface area contributed by atoms with Gasteiger partial charge >= 0.3 is 0 Å². The van der Waals surface area contributed by atoms with Crippen LogP contribution in [0.4, 0.5) is 0 Å². The summed E-state index contributed by atoms with van der Waals surface area (Å²) in [5.41, 5.74) is 6.06. The van der Waals surface area contributed by atoms with Crippen LogP contribution in [0.1, 0.15) is 33.2 Å². The molecule has 0 heterocycles. The number of benzene rings is 2. The molecule has 0 radical (unpaired) electrons. The first-order chi connectivity index (χ1) is 9.02. The van der Waals surface area contributed by atoms with E-state index in [1.165, 1.54) is 22.3 Å². The van der Waals surface area contributed by atoms with Crippen LogP contribution in [0.25, 0.3) is 0 Å². The Morgan fingerprint density at radius 3 is 1.95 bits per heavy atom. The van der Waals surface area contributed by atoms with Gasteiger partial charge in [0.1, 0.15) is 5.75 Å². The van der Waals surface area contributed by atoms with Gasteiger partial charge in [0.25, 0.3) is 0 Å². The average molecular weight is 275 g/mol. The standard InChI is InChI=1S/C17H19ClO/c1-11-9-12(2)16(13(3)10-11)17(18)14-5-7-15(19-4)8-6-14/h5-10,17H,1-4H3. The van der Waals surface area contributed by atoms with E-state index < -0.39 is 0 Å². The third kappa shape index (κ3) is 2.93. The van der Waals surface area contributed by atoms with E-state index >= 15 is 0 Å². The maximum absolute atomic E-state index is 6.65. The fraction of sp³-hybridized carbons (Fsp3) is 0.294. The van der Waals surface area contributed by atoms with Gasteiger partial charge < -0.3 is 4.74 Å². The highest BCUT2D eigenvalue weighted by atomic mass is 35.5. The molecule has 0 amide bonds. The predicted octanol–water partition coefficient (Wildman–Crippen LogP) is 4.95. The fourth-order valence-electron chi connectivity index (χ4n) is 2.53. The molecule has 2 rings (SSSR count). The number of hydrogen-bond acceptors (Lipinski definition) is 1. The maximum atomic E-state index is 6.65. The summed E-state index contributed by atoms with van der Waals surface area (Å²) < 4.78 is 5.17. The van der Waals surface area contributed by atoms with Gasteiger partial charge in [0.2, 0.25) is 0 Å². The molecule has 0 saturated carbocycles. The van der Waals surface area contributed by atoms with Gasteiger partial charge in [0.05, 0.1) is 12.5 Å². The molecule has 0 aliphatic heterocycles. The number of halogens is 1. The minimum Gasteiger partial charge on any atom is -0.497 e. The van der Waals surface area contributed by atoms with Crippen molar-refractivity contribution in [2.75, 3.05) is 7.11 Å². The first kappa shape index (κ1) is 14.0. The van der Waals surface area contributed by atoms with E-state index in [1.807, 2.05) is 24.3 Å². The number of alkyl halides is 1. The first-order valence-corrected chi connectivity index (χ1v) is 6.82. The van der Waals surface area contributed by atoms with Crippen molar-refractivity contribution < 1.29 is 4.74 Å². The van der Waals surface area contributed by atoms with E-state index in [9.17, 15) is 0 Å². The molecule has 0 aliphatic carbocycles. The molecule has 1 unspecified atom stereocenters. The summed E-state index contributed by atoms with van der Waals surface area (Å²) in [4.78, 5) is 0. The highest BCUT2D eigenvalue weighted by molar-refractivity contribution is 6.22. The van der Waals surface area contributed by atoms with E-state index in [4.69, 9.17) is 16.3 Å². The van der Waals surface area contributed by atoms with Gasteiger partial charge in [-0.3, -0.25) is 0 Å². The van der Waals surface area contributed by atoms with Crippen LogP contribution in [0, 0.1) is 20.8 Å². The molecule has 1 nitrogen and oxygen atoms in total. The van der Waals surface area contributed by atoms with E-state index in [0.29, 0.717) is 0 Å². The normalized spacial score (nSPS) is 12.3. The molecule has 2 heteroatoms. The van der Waals surface area contributed by atoms with Gasteiger partial charge in [-0.15, -0.1) is 11.6 Å².